The van der Waals surface area contributed by atoms with Crippen molar-refractivity contribution in [2.24, 2.45) is 0 Å². The Hall–Kier alpha value is -0.470. The molecule has 2 aliphatic rings. The summed E-state index contributed by atoms with van der Waals surface area (Å²) in [7, 11) is 0. The topological polar surface area (TPSA) is 12.0 Å². The van der Waals surface area contributed by atoms with Gasteiger partial charge in [0.1, 0.15) is 0 Å². The monoisotopic (exact) mass is 233 g/mol. The molecule has 2 atom stereocenters. The first kappa shape index (κ1) is 10.7. The molecule has 2 heteroatoms. The van der Waals surface area contributed by atoms with E-state index in [9.17, 15) is 0 Å². The predicted molar refractivity (Wildman–Crippen MR) is 70.8 cm³/mol. The average Bonchev–Trinajstić information content (AvgIpc) is 3.13. The number of nitrogens with one attached hydrogen (secondary N) is 1. The average molecular weight is 233 g/mol. The van der Waals surface area contributed by atoms with Gasteiger partial charge < -0.3 is 5.32 Å². The van der Waals surface area contributed by atoms with Crippen LogP contribution in [0.2, 0.25) is 0 Å². The van der Waals surface area contributed by atoms with Crippen molar-refractivity contribution >= 4 is 11.8 Å². The van der Waals surface area contributed by atoms with E-state index in [1.165, 1.54) is 24.8 Å². The molecule has 2 fully saturated rings. The first-order chi connectivity index (χ1) is 7.83. The molecule has 1 aromatic rings. The summed E-state index contributed by atoms with van der Waals surface area (Å²) in [6.45, 7) is 3.50. The summed E-state index contributed by atoms with van der Waals surface area (Å²) in [5.41, 5.74) is 3.03. The number of benzene rings is 1. The molecule has 1 saturated carbocycles. The van der Waals surface area contributed by atoms with Crippen molar-refractivity contribution in [3.63, 3.8) is 0 Å². The first-order valence-electron chi connectivity index (χ1n) is 6.31. The van der Waals surface area contributed by atoms with E-state index in [2.05, 4.69) is 48.3 Å². The van der Waals surface area contributed by atoms with Crippen LogP contribution < -0.4 is 5.32 Å². The highest BCUT2D eigenvalue weighted by Gasteiger charge is 2.25. The molecule has 0 spiro atoms. The van der Waals surface area contributed by atoms with Gasteiger partial charge in [-0.25, -0.2) is 0 Å². The maximum atomic E-state index is 3.62. The second-order valence-electron chi connectivity index (χ2n) is 5.01. The van der Waals surface area contributed by atoms with Crippen molar-refractivity contribution in [3.8, 4) is 0 Å². The standard InChI is InChI=1S/C14H19NS/c1-10-7-8-15-14(16-10)13-4-2-3-12(9-13)11-5-6-11/h2-4,9-11,14-15H,5-8H2,1H3. The second kappa shape index (κ2) is 4.42. The quantitative estimate of drug-likeness (QED) is 0.836. The number of hydrogen-bond donors (Lipinski definition) is 1. The smallest absolute Gasteiger partial charge is 0.0792 e. The van der Waals surface area contributed by atoms with Crippen LogP contribution in [0, 0.1) is 0 Å². The molecule has 0 bridgehead atoms. The van der Waals surface area contributed by atoms with Gasteiger partial charge in [0.25, 0.3) is 0 Å². The molecular formula is C14H19NS. The zero-order valence-corrected chi connectivity index (χ0v) is 10.6. The normalized spacial score (nSPS) is 30.3. The van der Waals surface area contributed by atoms with Gasteiger partial charge in [0.05, 0.1) is 5.37 Å². The second-order valence-corrected chi connectivity index (χ2v) is 6.56. The number of hydrogen-bond acceptors (Lipinski definition) is 2. The van der Waals surface area contributed by atoms with Crippen LogP contribution in [0.15, 0.2) is 24.3 Å². The molecule has 1 heterocycles. The fraction of sp³-hybridized carbons (Fsp3) is 0.571. The molecule has 1 N–H and O–H groups in total. The molecule has 2 unspecified atom stereocenters. The van der Waals surface area contributed by atoms with E-state index in [1.807, 2.05) is 0 Å². The van der Waals surface area contributed by atoms with E-state index >= 15 is 0 Å². The Morgan fingerprint density at radius 1 is 1.19 bits per heavy atom. The molecule has 3 rings (SSSR count). The zero-order chi connectivity index (χ0) is 11.0. The van der Waals surface area contributed by atoms with Crippen molar-refractivity contribution in [2.45, 2.75) is 42.7 Å². The van der Waals surface area contributed by atoms with Crippen LogP contribution in [0.4, 0.5) is 0 Å². The minimum atomic E-state index is 0.516. The lowest BCUT2D eigenvalue weighted by Crippen LogP contribution is -2.28. The molecule has 1 nitrogen and oxygen atoms in total. The van der Waals surface area contributed by atoms with Crippen molar-refractivity contribution < 1.29 is 0 Å². The zero-order valence-electron chi connectivity index (χ0n) is 9.78. The van der Waals surface area contributed by atoms with Crippen LogP contribution in [-0.2, 0) is 0 Å². The van der Waals surface area contributed by atoms with Gasteiger partial charge in [-0.05, 0) is 42.9 Å². The molecule has 16 heavy (non-hydrogen) atoms. The van der Waals surface area contributed by atoms with Crippen molar-refractivity contribution in [1.82, 2.24) is 5.32 Å². The highest BCUT2D eigenvalue weighted by atomic mass is 32.2. The summed E-state index contributed by atoms with van der Waals surface area (Å²) in [6.07, 6.45) is 4.08. The molecular weight excluding hydrogens is 214 g/mol. The molecule has 1 aliphatic heterocycles. The predicted octanol–water partition coefficient (Wildman–Crippen LogP) is 3.68. The lowest BCUT2D eigenvalue weighted by molar-refractivity contribution is 0.605. The van der Waals surface area contributed by atoms with Crippen LogP contribution >= 0.6 is 11.8 Å². The van der Waals surface area contributed by atoms with Crippen LogP contribution in [0.3, 0.4) is 0 Å². The largest absolute Gasteiger partial charge is 0.302 e. The number of thioether (sulfide) groups is 1. The van der Waals surface area contributed by atoms with E-state index in [4.69, 9.17) is 0 Å². The fourth-order valence-electron chi connectivity index (χ4n) is 2.36. The Kier molecular flexibility index (Phi) is 2.95. The summed E-state index contributed by atoms with van der Waals surface area (Å²) >= 11 is 2.07. The van der Waals surface area contributed by atoms with Gasteiger partial charge in [-0.1, -0.05) is 31.2 Å². The third-order valence-corrected chi connectivity index (χ3v) is 4.92. The molecule has 86 valence electrons. The van der Waals surface area contributed by atoms with E-state index in [-0.39, 0.29) is 0 Å². The summed E-state index contributed by atoms with van der Waals surface area (Å²) in [4.78, 5) is 0. The molecule has 1 aliphatic carbocycles. The third kappa shape index (κ3) is 2.28. The van der Waals surface area contributed by atoms with Gasteiger partial charge in [-0.3, -0.25) is 0 Å². The SMILES string of the molecule is CC1CCNC(c2cccc(C3CC3)c2)S1. The van der Waals surface area contributed by atoms with Gasteiger partial charge >= 0.3 is 0 Å². The lowest BCUT2D eigenvalue weighted by atomic mass is 10.1. The van der Waals surface area contributed by atoms with Crippen LogP contribution in [0.1, 0.15) is 48.6 Å². The lowest BCUT2D eigenvalue weighted by Gasteiger charge is -2.28. The van der Waals surface area contributed by atoms with E-state index < -0.39 is 0 Å². The van der Waals surface area contributed by atoms with Gasteiger partial charge in [0.2, 0.25) is 0 Å². The van der Waals surface area contributed by atoms with Crippen LogP contribution in [0.5, 0.6) is 0 Å². The Morgan fingerprint density at radius 2 is 2.00 bits per heavy atom. The van der Waals surface area contributed by atoms with Gasteiger partial charge in [-0.15, -0.1) is 11.8 Å². The van der Waals surface area contributed by atoms with Crippen molar-refractivity contribution in [1.29, 1.82) is 0 Å². The molecule has 0 aromatic heterocycles. The Morgan fingerprint density at radius 3 is 2.75 bits per heavy atom. The summed E-state index contributed by atoms with van der Waals surface area (Å²) in [6, 6.07) is 9.21. The maximum absolute atomic E-state index is 3.62. The Balaban J connectivity index is 1.79. The minimum absolute atomic E-state index is 0.516. The van der Waals surface area contributed by atoms with Crippen LogP contribution in [0.25, 0.3) is 0 Å². The summed E-state index contributed by atoms with van der Waals surface area (Å²) in [5, 5.41) is 4.92. The van der Waals surface area contributed by atoms with Gasteiger partial charge in [-0.2, -0.15) is 0 Å². The minimum Gasteiger partial charge on any atom is -0.302 e. The molecule has 0 amide bonds. The molecule has 1 saturated heterocycles. The molecule has 0 radical (unpaired) electrons. The van der Waals surface area contributed by atoms with Crippen molar-refractivity contribution in [2.75, 3.05) is 6.54 Å². The van der Waals surface area contributed by atoms with E-state index in [0.29, 0.717) is 5.37 Å². The van der Waals surface area contributed by atoms with Gasteiger partial charge in [0, 0.05) is 5.25 Å². The van der Waals surface area contributed by atoms with Crippen LogP contribution in [-0.4, -0.2) is 11.8 Å². The Labute approximate surface area is 102 Å². The highest BCUT2D eigenvalue weighted by Crippen LogP contribution is 2.42. The maximum Gasteiger partial charge on any atom is 0.0792 e. The first-order valence-corrected chi connectivity index (χ1v) is 7.26. The highest BCUT2D eigenvalue weighted by molar-refractivity contribution is 8.00. The fourth-order valence-corrected chi connectivity index (χ4v) is 3.59. The van der Waals surface area contributed by atoms with E-state index in [1.54, 1.807) is 5.56 Å². The van der Waals surface area contributed by atoms with E-state index in [0.717, 1.165) is 17.7 Å². The molecule has 1 aromatic carbocycles. The summed E-state index contributed by atoms with van der Waals surface area (Å²) < 4.78 is 0. The Bertz CT molecular complexity index is 373. The van der Waals surface area contributed by atoms with Gasteiger partial charge in [0.15, 0.2) is 0 Å². The summed E-state index contributed by atoms with van der Waals surface area (Å²) in [5.74, 6) is 0.867. The van der Waals surface area contributed by atoms with Crippen molar-refractivity contribution in [3.05, 3.63) is 35.4 Å². The number of rotatable bonds is 2. The third-order valence-electron chi connectivity index (χ3n) is 3.51.